The number of rotatable bonds is 7. The average Bonchev–Trinajstić information content (AvgIpc) is 3.28. The standard InChI is InChI=1S/C55H42N2/c1-55(2)50-24-14-15-25-52(50)57(54-48-23-13-12-18-43(48)32-36-49(54)42-16-6-3-7-17-42)53-38-44(33-37-51(53)55)41-28-26-39(27-29-41)40-30-34-47(35-31-40)56(45-19-8-4-9-20-45)46-21-10-5-11-22-46/h3-38H,1-2H3. The Labute approximate surface area is 335 Å². The van der Waals surface area contributed by atoms with Crippen molar-refractivity contribution in [2.45, 2.75) is 19.3 Å². The van der Waals surface area contributed by atoms with Crippen LogP contribution in [0.25, 0.3) is 44.2 Å². The molecule has 1 heterocycles. The van der Waals surface area contributed by atoms with Crippen molar-refractivity contribution in [2.24, 2.45) is 0 Å². The van der Waals surface area contributed by atoms with Gasteiger partial charge >= 0.3 is 0 Å². The normalized spacial score (nSPS) is 12.8. The number of hydrogen-bond donors (Lipinski definition) is 0. The Morgan fingerprint density at radius 1 is 0.368 bits per heavy atom. The van der Waals surface area contributed by atoms with E-state index in [4.69, 9.17) is 0 Å². The first kappa shape index (κ1) is 34.3. The van der Waals surface area contributed by atoms with E-state index in [2.05, 4.69) is 242 Å². The molecule has 0 saturated carbocycles. The lowest BCUT2D eigenvalue weighted by Crippen LogP contribution is -2.31. The molecule has 0 N–H and O–H groups in total. The Kier molecular flexibility index (Phi) is 8.53. The van der Waals surface area contributed by atoms with Gasteiger partial charge in [0, 0.05) is 33.4 Å². The van der Waals surface area contributed by atoms with Gasteiger partial charge in [0.05, 0.1) is 17.1 Å². The van der Waals surface area contributed by atoms with Gasteiger partial charge in [-0.1, -0.05) is 184 Å². The van der Waals surface area contributed by atoms with Crippen LogP contribution >= 0.6 is 0 Å². The Morgan fingerprint density at radius 2 is 0.860 bits per heavy atom. The summed E-state index contributed by atoms with van der Waals surface area (Å²) in [6.45, 7) is 4.73. The van der Waals surface area contributed by atoms with Gasteiger partial charge in [0.15, 0.2) is 0 Å². The molecule has 57 heavy (non-hydrogen) atoms. The minimum atomic E-state index is -0.189. The molecule has 0 unspecified atom stereocenters. The fraction of sp³-hybridized carbons (Fsp3) is 0.0545. The number of nitrogens with zero attached hydrogens (tertiary/aromatic N) is 2. The van der Waals surface area contributed by atoms with Gasteiger partial charge < -0.3 is 9.80 Å². The van der Waals surface area contributed by atoms with Crippen molar-refractivity contribution in [3.8, 4) is 33.4 Å². The SMILES string of the molecule is CC1(C)c2ccccc2N(c2c(-c3ccccc3)ccc3ccccc23)c2cc(-c3ccc(-c4ccc(N(c5ccccc5)c5ccccc5)cc4)cc3)ccc21. The van der Waals surface area contributed by atoms with Crippen LogP contribution in [-0.4, -0.2) is 0 Å². The van der Waals surface area contributed by atoms with Gasteiger partial charge in [-0.25, -0.2) is 0 Å². The summed E-state index contributed by atoms with van der Waals surface area (Å²) in [5.74, 6) is 0. The summed E-state index contributed by atoms with van der Waals surface area (Å²) in [6, 6.07) is 79.2. The third-order valence-electron chi connectivity index (χ3n) is 11.6. The third kappa shape index (κ3) is 6.07. The molecule has 0 atom stereocenters. The second-order valence-corrected chi connectivity index (χ2v) is 15.4. The lowest BCUT2D eigenvalue weighted by molar-refractivity contribution is 0.632. The van der Waals surface area contributed by atoms with Crippen molar-refractivity contribution in [1.29, 1.82) is 0 Å². The monoisotopic (exact) mass is 730 g/mol. The summed E-state index contributed by atoms with van der Waals surface area (Å²) in [6.07, 6.45) is 0. The first-order chi connectivity index (χ1) is 28.0. The van der Waals surface area contributed by atoms with Crippen LogP contribution in [0.3, 0.4) is 0 Å². The number of anilines is 6. The van der Waals surface area contributed by atoms with E-state index in [-0.39, 0.29) is 5.41 Å². The first-order valence-corrected chi connectivity index (χ1v) is 19.8. The molecule has 9 aromatic carbocycles. The Bertz CT molecular complexity index is 2800. The fourth-order valence-electron chi connectivity index (χ4n) is 8.74. The zero-order valence-corrected chi connectivity index (χ0v) is 32.2. The summed E-state index contributed by atoms with van der Waals surface area (Å²) < 4.78 is 0. The molecule has 1 aliphatic rings. The van der Waals surface area contributed by atoms with Crippen molar-refractivity contribution in [1.82, 2.24) is 0 Å². The van der Waals surface area contributed by atoms with Crippen LogP contribution in [0.4, 0.5) is 34.1 Å². The third-order valence-corrected chi connectivity index (χ3v) is 11.6. The predicted octanol–water partition coefficient (Wildman–Crippen LogP) is 15.4. The minimum Gasteiger partial charge on any atom is -0.311 e. The van der Waals surface area contributed by atoms with Gasteiger partial charge in [-0.3, -0.25) is 0 Å². The topological polar surface area (TPSA) is 6.48 Å². The number of hydrogen-bond acceptors (Lipinski definition) is 2. The maximum Gasteiger partial charge on any atom is 0.0618 e. The summed E-state index contributed by atoms with van der Waals surface area (Å²) in [5.41, 5.74) is 16.6. The molecule has 272 valence electrons. The van der Waals surface area contributed by atoms with Crippen molar-refractivity contribution in [2.75, 3.05) is 9.80 Å². The van der Waals surface area contributed by atoms with E-state index in [1.807, 2.05) is 0 Å². The Morgan fingerprint density at radius 3 is 1.53 bits per heavy atom. The smallest absolute Gasteiger partial charge is 0.0618 e. The highest BCUT2D eigenvalue weighted by atomic mass is 15.2. The van der Waals surface area contributed by atoms with Gasteiger partial charge in [0.2, 0.25) is 0 Å². The lowest BCUT2D eigenvalue weighted by atomic mass is 9.73. The molecule has 0 aromatic heterocycles. The molecule has 0 radical (unpaired) electrons. The van der Waals surface area contributed by atoms with Crippen molar-refractivity contribution >= 4 is 44.9 Å². The highest BCUT2D eigenvalue weighted by Crippen LogP contribution is 2.55. The predicted molar refractivity (Wildman–Crippen MR) is 242 cm³/mol. The van der Waals surface area contributed by atoms with Crippen molar-refractivity contribution < 1.29 is 0 Å². The number of benzene rings is 9. The molecule has 0 aliphatic carbocycles. The lowest BCUT2D eigenvalue weighted by Gasteiger charge is -2.43. The van der Waals surface area contributed by atoms with Crippen LogP contribution < -0.4 is 9.80 Å². The molecule has 2 heteroatoms. The van der Waals surface area contributed by atoms with Crippen LogP contribution in [0.5, 0.6) is 0 Å². The first-order valence-electron chi connectivity index (χ1n) is 19.8. The molecular weight excluding hydrogens is 689 g/mol. The van der Waals surface area contributed by atoms with Crippen molar-refractivity contribution in [3.05, 3.63) is 230 Å². The fourth-order valence-corrected chi connectivity index (χ4v) is 8.74. The van der Waals surface area contributed by atoms with Crippen LogP contribution in [0.2, 0.25) is 0 Å². The summed E-state index contributed by atoms with van der Waals surface area (Å²) in [4.78, 5) is 4.83. The van der Waals surface area contributed by atoms with Gasteiger partial charge in [0.25, 0.3) is 0 Å². The Balaban J connectivity index is 1.05. The van der Waals surface area contributed by atoms with Gasteiger partial charge in [-0.15, -0.1) is 0 Å². The molecular formula is C55H42N2. The number of fused-ring (bicyclic) bond motifs is 3. The largest absolute Gasteiger partial charge is 0.311 e. The summed E-state index contributed by atoms with van der Waals surface area (Å²) in [7, 11) is 0. The maximum absolute atomic E-state index is 2.54. The highest BCUT2D eigenvalue weighted by molar-refractivity contribution is 6.07. The molecule has 0 amide bonds. The van der Waals surface area contributed by atoms with Crippen molar-refractivity contribution in [3.63, 3.8) is 0 Å². The molecule has 2 nitrogen and oxygen atoms in total. The van der Waals surface area contributed by atoms with Crippen LogP contribution in [-0.2, 0) is 5.41 Å². The Hall–Kier alpha value is -7.16. The van der Waals surface area contributed by atoms with E-state index >= 15 is 0 Å². The molecule has 0 spiro atoms. The molecule has 0 saturated heterocycles. The quantitative estimate of drug-likeness (QED) is 0.161. The molecule has 0 bridgehead atoms. The van der Waals surface area contributed by atoms with E-state index in [9.17, 15) is 0 Å². The minimum absolute atomic E-state index is 0.189. The van der Waals surface area contributed by atoms with Crippen LogP contribution in [0.15, 0.2) is 218 Å². The molecule has 10 rings (SSSR count). The highest BCUT2D eigenvalue weighted by Gasteiger charge is 2.38. The van der Waals surface area contributed by atoms with Crippen LogP contribution in [0, 0.1) is 0 Å². The number of para-hydroxylation sites is 3. The van der Waals surface area contributed by atoms with Gasteiger partial charge in [0.1, 0.15) is 0 Å². The zero-order chi connectivity index (χ0) is 38.3. The van der Waals surface area contributed by atoms with Gasteiger partial charge in [-0.2, -0.15) is 0 Å². The second kappa shape index (κ2) is 14.2. The van der Waals surface area contributed by atoms with Crippen LogP contribution in [0.1, 0.15) is 25.0 Å². The summed E-state index contributed by atoms with van der Waals surface area (Å²) in [5, 5.41) is 2.46. The van der Waals surface area contributed by atoms with E-state index < -0.39 is 0 Å². The molecule has 0 fully saturated rings. The second-order valence-electron chi connectivity index (χ2n) is 15.4. The molecule has 9 aromatic rings. The van der Waals surface area contributed by atoms with E-state index in [1.165, 1.54) is 72.3 Å². The maximum atomic E-state index is 2.54. The summed E-state index contributed by atoms with van der Waals surface area (Å²) >= 11 is 0. The molecule has 1 aliphatic heterocycles. The average molecular weight is 731 g/mol. The van der Waals surface area contributed by atoms with E-state index in [0.717, 1.165) is 17.1 Å². The van der Waals surface area contributed by atoms with E-state index in [0.29, 0.717) is 0 Å². The van der Waals surface area contributed by atoms with E-state index in [1.54, 1.807) is 0 Å². The van der Waals surface area contributed by atoms with Gasteiger partial charge in [-0.05, 0) is 92.9 Å². The zero-order valence-electron chi connectivity index (χ0n) is 32.2.